The topological polar surface area (TPSA) is 89.0 Å². The van der Waals surface area contributed by atoms with Gasteiger partial charge in [-0.2, -0.15) is 10.2 Å². The first-order valence-electron chi connectivity index (χ1n) is 5.19. The predicted octanol–water partition coefficient (Wildman–Crippen LogP) is 2.93. The Morgan fingerprint density at radius 3 is 2.65 bits per heavy atom. The minimum Gasteiger partial charge on any atom is -0.436 e. The number of pyridine rings is 1. The summed E-state index contributed by atoms with van der Waals surface area (Å²) in [6.45, 7) is 0. The van der Waals surface area contributed by atoms with Crippen LogP contribution in [0.15, 0.2) is 30.3 Å². The number of hydrogen-bond acceptors (Lipinski definition) is 5. The lowest BCUT2D eigenvalue weighted by Gasteiger charge is -2.05. The van der Waals surface area contributed by atoms with Gasteiger partial charge >= 0.3 is 5.69 Å². The molecule has 0 amide bonds. The SMILES string of the molecule is N#Cc1nc(Oc2ccc(F)cc2F)ccc1[N+](=O)[O-]. The van der Waals surface area contributed by atoms with Gasteiger partial charge in [-0.05, 0) is 12.1 Å². The van der Waals surface area contributed by atoms with Crippen molar-refractivity contribution in [2.24, 2.45) is 0 Å². The first-order chi connectivity index (χ1) is 9.51. The number of benzene rings is 1. The molecule has 2 rings (SSSR count). The molecule has 0 aliphatic carbocycles. The Labute approximate surface area is 111 Å². The van der Waals surface area contributed by atoms with E-state index in [4.69, 9.17) is 10.00 Å². The van der Waals surface area contributed by atoms with Crippen molar-refractivity contribution in [1.29, 1.82) is 5.26 Å². The third kappa shape index (κ3) is 2.67. The van der Waals surface area contributed by atoms with Crippen LogP contribution in [-0.2, 0) is 0 Å². The largest absolute Gasteiger partial charge is 0.436 e. The van der Waals surface area contributed by atoms with Crippen LogP contribution in [0, 0.1) is 33.1 Å². The first kappa shape index (κ1) is 13.4. The summed E-state index contributed by atoms with van der Waals surface area (Å²) in [4.78, 5) is 13.4. The van der Waals surface area contributed by atoms with Crippen LogP contribution in [0.3, 0.4) is 0 Å². The maximum Gasteiger partial charge on any atom is 0.305 e. The zero-order valence-corrected chi connectivity index (χ0v) is 9.71. The number of aromatic nitrogens is 1. The number of nitro groups is 1. The molecule has 0 fully saturated rings. The van der Waals surface area contributed by atoms with E-state index >= 15 is 0 Å². The molecule has 100 valence electrons. The van der Waals surface area contributed by atoms with Crippen molar-refractivity contribution in [1.82, 2.24) is 4.98 Å². The molecule has 20 heavy (non-hydrogen) atoms. The number of halogens is 2. The third-order valence-corrected chi connectivity index (χ3v) is 2.26. The molecule has 0 aliphatic heterocycles. The van der Waals surface area contributed by atoms with E-state index in [1.165, 1.54) is 0 Å². The average Bonchev–Trinajstić information content (AvgIpc) is 2.41. The van der Waals surface area contributed by atoms with Gasteiger partial charge in [0.1, 0.15) is 11.9 Å². The lowest BCUT2D eigenvalue weighted by molar-refractivity contribution is -0.385. The molecule has 1 aromatic heterocycles. The maximum atomic E-state index is 13.4. The summed E-state index contributed by atoms with van der Waals surface area (Å²) in [7, 11) is 0. The zero-order valence-electron chi connectivity index (χ0n) is 9.71. The van der Waals surface area contributed by atoms with E-state index in [-0.39, 0.29) is 11.6 Å². The fourth-order valence-corrected chi connectivity index (χ4v) is 1.39. The van der Waals surface area contributed by atoms with Crippen molar-refractivity contribution < 1.29 is 18.4 Å². The van der Waals surface area contributed by atoms with Crippen LogP contribution < -0.4 is 4.74 Å². The first-order valence-corrected chi connectivity index (χ1v) is 5.19. The van der Waals surface area contributed by atoms with Gasteiger partial charge < -0.3 is 4.74 Å². The molecule has 1 heterocycles. The molecule has 0 saturated heterocycles. The summed E-state index contributed by atoms with van der Waals surface area (Å²) in [6, 6.07) is 6.31. The Balaban J connectivity index is 2.35. The van der Waals surface area contributed by atoms with Gasteiger partial charge in [0, 0.05) is 18.2 Å². The summed E-state index contributed by atoms with van der Waals surface area (Å²) in [5, 5.41) is 19.4. The van der Waals surface area contributed by atoms with Crippen LogP contribution in [0.2, 0.25) is 0 Å². The van der Waals surface area contributed by atoms with E-state index in [0.29, 0.717) is 6.07 Å². The Kier molecular flexibility index (Phi) is 3.52. The van der Waals surface area contributed by atoms with Crippen LogP contribution in [-0.4, -0.2) is 9.91 Å². The molecule has 0 saturated carbocycles. The van der Waals surface area contributed by atoms with Crippen molar-refractivity contribution in [3.8, 4) is 17.7 Å². The summed E-state index contributed by atoms with van der Waals surface area (Å²) in [6.07, 6.45) is 0. The third-order valence-electron chi connectivity index (χ3n) is 2.26. The van der Waals surface area contributed by atoms with E-state index < -0.39 is 27.9 Å². The summed E-state index contributed by atoms with van der Waals surface area (Å²) in [5.74, 6) is -2.25. The lowest BCUT2D eigenvalue weighted by atomic mass is 10.3. The number of nitrogens with zero attached hydrogens (tertiary/aromatic N) is 3. The highest BCUT2D eigenvalue weighted by Crippen LogP contribution is 2.26. The standard InChI is InChI=1S/C12H5F2N3O3/c13-7-1-3-11(8(14)5-7)20-12-4-2-10(17(18)19)9(6-15)16-12/h1-5H. The molecule has 0 unspecified atom stereocenters. The highest BCUT2D eigenvalue weighted by Gasteiger charge is 2.17. The normalized spacial score (nSPS) is 9.85. The second kappa shape index (κ2) is 5.27. The molecule has 0 N–H and O–H groups in total. The van der Waals surface area contributed by atoms with Crippen molar-refractivity contribution in [3.05, 3.63) is 57.8 Å². The summed E-state index contributed by atoms with van der Waals surface area (Å²) < 4.78 is 31.1. The van der Waals surface area contributed by atoms with Gasteiger partial charge in [-0.3, -0.25) is 10.1 Å². The van der Waals surface area contributed by atoms with Gasteiger partial charge in [0.2, 0.25) is 11.6 Å². The Bertz CT molecular complexity index is 728. The number of ether oxygens (including phenoxy) is 1. The van der Waals surface area contributed by atoms with E-state index in [9.17, 15) is 18.9 Å². The van der Waals surface area contributed by atoms with E-state index in [1.54, 1.807) is 6.07 Å². The van der Waals surface area contributed by atoms with Gasteiger partial charge in [0.05, 0.1) is 4.92 Å². The second-order valence-electron chi connectivity index (χ2n) is 3.56. The molecule has 0 radical (unpaired) electrons. The van der Waals surface area contributed by atoms with Crippen LogP contribution in [0.4, 0.5) is 14.5 Å². The van der Waals surface area contributed by atoms with Crippen molar-refractivity contribution in [2.45, 2.75) is 0 Å². The van der Waals surface area contributed by atoms with Crippen LogP contribution in [0.5, 0.6) is 11.6 Å². The average molecular weight is 277 g/mol. The minimum atomic E-state index is -0.955. The van der Waals surface area contributed by atoms with E-state index in [2.05, 4.69) is 4.98 Å². The molecule has 0 spiro atoms. The van der Waals surface area contributed by atoms with Crippen molar-refractivity contribution >= 4 is 5.69 Å². The van der Waals surface area contributed by atoms with Crippen molar-refractivity contribution in [3.63, 3.8) is 0 Å². The Morgan fingerprint density at radius 2 is 2.05 bits per heavy atom. The van der Waals surface area contributed by atoms with Crippen molar-refractivity contribution in [2.75, 3.05) is 0 Å². The Hall–Kier alpha value is -3.08. The van der Waals surface area contributed by atoms with Gasteiger partial charge in [-0.1, -0.05) is 0 Å². The maximum absolute atomic E-state index is 13.4. The highest BCUT2D eigenvalue weighted by atomic mass is 19.1. The lowest BCUT2D eigenvalue weighted by Crippen LogP contribution is -1.98. The number of hydrogen-bond donors (Lipinski definition) is 0. The fourth-order valence-electron chi connectivity index (χ4n) is 1.39. The monoisotopic (exact) mass is 277 g/mol. The van der Waals surface area contributed by atoms with Crippen LogP contribution in [0.1, 0.15) is 5.69 Å². The molecule has 0 atom stereocenters. The summed E-state index contributed by atoms with van der Waals surface area (Å²) >= 11 is 0. The van der Waals surface area contributed by atoms with E-state index in [0.717, 1.165) is 24.3 Å². The molecule has 0 aliphatic rings. The van der Waals surface area contributed by atoms with Crippen LogP contribution in [0.25, 0.3) is 0 Å². The fraction of sp³-hybridized carbons (Fsp3) is 0. The van der Waals surface area contributed by atoms with Gasteiger partial charge in [0.15, 0.2) is 11.6 Å². The molecule has 1 aromatic carbocycles. The van der Waals surface area contributed by atoms with Gasteiger partial charge in [-0.15, -0.1) is 0 Å². The van der Waals surface area contributed by atoms with Crippen LogP contribution >= 0.6 is 0 Å². The molecule has 0 bridgehead atoms. The minimum absolute atomic E-state index is 0.211. The zero-order chi connectivity index (χ0) is 14.7. The highest BCUT2D eigenvalue weighted by molar-refractivity contribution is 5.45. The molecule has 8 heteroatoms. The summed E-state index contributed by atoms with van der Waals surface area (Å²) in [5.41, 5.74) is -0.950. The van der Waals surface area contributed by atoms with E-state index in [1.807, 2.05) is 0 Å². The molecular weight excluding hydrogens is 272 g/mol. The van der Waals surface area contributed by atoms with Gasteiger partial charge in [-0.25, -0.2) is 8.78 Å². The molecule has 6 nitrogen and oxygen atoms in total. The number of rotatable bonds is 3. The molecule has 2 aromatic rings. The Morgan fingerprint density at radius 1 is 1.30 bits per heavy atom. The predicted molar refractivity (Wildman–Crippen MR) is 62.0 cm³/mol. The van der Waals surface area contributed by atoms with Gasteiger partial charge in [0.25, 0.3) is 0 Å². The smallest absolute Gasteiger partial charge is 0.305 e. The molecular formula is C12H5F2N3O3. The quantitative estimate of drug-likeness (QED) is 0.635. The second-order valence-corrected chi connectivity index (χ2v) is 3.56. The number of nitriles is 1.